The normalized spacial score (nSPS) is 14.9. The molecular formula is C25H35NO4. The Balaban J connectivity index is 1.67. The van der Waals surface area contributed by atoms with Crippen molar-refractivity contribution in [2.45, 2.75) is 38.4 Å². The molecule has 0 aliphatic heterocycles. The van der Waals surface area contributed by atoms with Crippen molar-refractivity contribution in [1.82, 2.24) is 4.90 Å². The molecule has 3 rings (SSSR count). The maximum Gasteiger partial charge on any atom is 0.118 e. The molecule has 164 valence electrons. The number of methoxy groups -OCH3 is 2. The third-order valence-electron chi connectivity index (χ3n) is 5.51. The zero-order valence-corrected chi connectivity index (χ0v) is 18.4. The molecular weight excluding hydrogens is 378 g/mol. The SMILES string of the molecule is CCCN(CC1CC1)C[C@H](O)COC(c1ccc(OC)cc1)c1ccc(OC)cc1. The average molecular weight is 414 g/mol. The zero-order valence-electron chi connectivity index (χ0n) is 18.4. The van der Waals surface area contributed by atoms with Crippen LogP contribution in [0.15, 0.2) is 48.5 Å². The van der Waals surface area contributed by atoms with Crippen molar-refractivity contribution in [1.29, 1.82) is 0 Å². The first-order valence-electron chi connectivity index (χ1n) is 10.9. The smallest absolute Gasteiger partial charge is 0.118 e. The predicted molar refractivity (Wildman–Crippen MR) is 119 cm³/mol. The molecule has 0 radical (unpaired) electrons. The van der Waals surface area contributed by atoms with Gasteiger partial charge in [-0.05, 0) is 67.1 Å². The number of ether oxygens (including phenoxy) is 3. The van der Waals surface area contributed by atoms with E-state index in [1.807, 2.05) is 48.5 Å². The highest BCUT2D eigenvalue weighted by atomic mass is 16.5. The van der Waals surface area contributed by atoms with Crippen LogP contribution in [0.1, 0.15) is 43.4 Å². The molecule has 5 nitrogen and oxygen atoms in total. The molecule has 5 heteroatoms. The van der Waals surface area contributed by atoms with E-state index in [0.29, 0.717) is 6.54 Å². The molecule has 0 aromatic heterocycles. The lowest BCUT2D eigenvalue weighted by Gasteiger charge is -2.26. The van der Waals surface area contributed by atoms with Gasteiger partial charge < -0.3 is 24.2 Å². The molecule has 0 unspecified atom stereocenters. The fourth-order valence-corrected chi connectivity index (χ4v) is 3.74. The molecule has 1 atom stereocenters. The average Bonchev–Trinajstić information content (AvgIpc) is 3.59. The van der Waals surface area contributed by atoms with Crippen LogP contribution in [0.25, 0.3) is 0 Å². The van der Waals surface area contributed by atoms with E-state index in [2.05, 4.69) is 11.8 Å². The van der Waals surface area contributed by atoms with Gasteiger partial charge in [0.05, 0.1) is 26.9 Å². The summed E-state index contributed by atoms with van der Waals surface area (Å²) >= 11 is 0. The number of benzene rings is 2. The first-order valence-corrected chi connectivity index (χ1v) is 10.9. The minimum atomic E-state index is -0.519. The van der Waals surface area contributed by atoms with Gasteiger partial charge in [0.1, 0.15) is 17.6 Å². The second-order valence-electron chi connectivity index (χ2n) is 8.12. The van der Waals surface area contributed by atoms with Gasteiger partial charge in [0.15, 0.2) is 0 Å². The van der Waals surface area contributed by atoms with Crippen molar-refractivity contribution in [2.24, 2.45) is 5.92 Å². The second kappa shape index (κ2) is 11.3. The van der Waals surface area contributed by atoms with Gasteiger partial charge >= 0.3 is 0 Å². The van der Waals surface area contributed by atoms with E-state index in [-0.39, 0.29) is 12.7 Å². The van der Waals surface area contributed by atoms with E-state index in [1.54, 1.807) is 14.2 Å². The molecule has 1 fully saturated rings. The second-order valence-corrected chi connectivity index (χ2v) is 8.12. The van der Waals surface area contributed by atoms with Crippen molar-refractivity contribution in [3.63, 3.8) is 0 Å². The monoisotopic (exact) mass is 413 g/mol. The molecule has 30 heavy (non-hydrogen) atoms. The molecule has 1 aliphatic rings. The Kier molecular flexibility index (Phi) is 8.55. The lowest BCUT2D eigenvalue weighted by atomic mass is 10.0. The Labute approximate surface area is 180 Å². The van der Waals surface area contributed by atoms with E-state index < -0.39 is 6.10 Å². The number of nitrogens with zero attached hydrogens (tertiary/aromatic N) is 1. The van der Waals surface area contributed by atoms with Crippen LogP contribution in [-0.2, 0) is 4.74 Å². The first kappa shape index (κ1) is 22.6. The van der Waals surface area contributed by atoms with Crippen LogP contribution in [0, 0.1) is 5.92 Å². The van der Waals surface area contributed by atoms with Crippen LogP contribution in [0.2, 0.25) is 0 Å². The highest BCUT2D eigenvalue weighted by Crippen LogP contribution is 2.31. The Morgan fingerprint density at radius 3 is 1.90 bits per heavy atom. The quantitative estimate of drug-likeness (QED) is 0.531. The molecule has 0 heterocycles. The van der Waals surface area contributed by atoms with Crippen LogP contribution < -0.4 is 9.47 Å². The van der Waals surface area contributed by atoms with Crippen LogP contribution in [0.5, 0.6) is 11.5 Å². The Morgan fingerprint density at radius 2 is 1.47 bits per heavy atom. The van der Waals surface area contributed by atoms with Crippen LogP contribution in [-0.4, -0.2) is 56.6 Å². The van der Waals surface area contributed by atoms with Crippen molar-refractivity contribution < 1.29 is 19.3 Å². The van der Waals surface area contributed by atoms with E-state index >= 15 is 0 Å². The number of hydrogen-bond acceptors (Lipinski definition) is 5. The molecule has 1 saturated carbocycles. The summed E-state index contributed by atoms with van der Waals surface area (Å²) in [7, 11) is 3.32. The molecule has 0 saturated heterocycles. The predicted octanol–water partition coefficient (Wildman–Crippen LogP) is 4.29. The summed E-state index contributed by atoms with van der Waals surface area (Å²) in [5.41, 5.74) is 2.05. The van der Waals surface area contributed by atoms with Gasteiger partial charge in [-0.15, -0.1) is 0 Å². The number of aliphatic hydroxyl groups excluding tert-OH is 1. The maximum absolute atomic E-state index is 10.7. The largest absolute Gasteiger partial charge is 0.497 e. The highest BCUT2D eigenvalue weighted by molar-refractivity contribution is 5.36. The van der Waals surface area contributed by atoms with E-state index in [9.17, 15) is 5.11 Å². The van der Waals surface area contributed by atoms with Gasteiger partial charge in [-0.3, -0.25) is 0 Å². The third-order valence-corrected chi connectivity index (χ3v) is 5.51. The lowest BCUT2D eigenvalue weighted by molar-refractivity contribution is -0.00893. The van der Waals surface area contributed by atoms with Gasteiger partial charge in [0, 0.05) is 13.1 Å². The fraction of sp³-hybridized carbons (Fsp3) is 0.520. The van der Waals surface area contributed by atoms with E-state index in [4.69, 9.17) is 14.2 Å². The molecule has 2 aromatic carbocycles. The Morgan fingerprint density at radius 1 is 0.933 bits per heavy atom. The van der Waals surface area contributed by atoms with Crippen LogP contribution in [0.4, 0.5) is 0 Å². The fourth-order valence-electron chi connectivity index (χ4n) is 3.74. The molecule has 0 bridgehead atoms. The van der Waals surface area contributed by atoms with Gasteiger partial charge in [-0.1, -0.05) is 31.2 Å². The lowest BCUT2D eigenvalue weighted by Crippen LogP contribution is -2.37. The molecule has 1 N–H and O–H groups in total. The molecule has 0 spiro atoms. The Bertz CT molecular complexity index is 695. The van der Waals surface area contributed by atoms with Crippen molar-refractivity contribution in [2.75, 3.05) is 40.5 Å². The topological polar surface area (TPSA) is 51.2 Å². The summed E-state index contributed by atoms with van der Waals surface area (Å²) in [6.07, 6.45) is 2.96. The summed E-state index contributed by atoms with van der Waals surface area (Å²) in [5.74, 6) is 2.43. The summed E-state index contributed by atoms with van der Waals surface area (Å²) < 4.78 is 16.8. The van der Waals surface area contributed by atoms with Crippen molar-refractivity contribution in [3.8, 4) is 11.5 Å². The van der Waals surface area contributed by atoms with E-state index in [0.717, 1.165) is 48.1 Å². The number of rotatable bonds is 13. The first-order chi connectivity index (χ1) is 14.6. The maximum atomic E-state index is 10.7. The van der Waals surface area contributed by atoms with Crippen LogP contribution in [0.3, 0.4) is 0 Å². The summed E-state index contributed by atoms with van der Waals surface area (Å²) in [6.45, 7) is 5.24. The van der Waals surface area contributed by atoms with Gasteiger partial charge in [0.2, 0.25) is 0 Å². The van der Waals surface area contributed by atoms with Crippen molar-refractivity contribution >= 4 is 0 Å². The number of aliphatic hydroxyl groups is 1. The molecule has 1 aliphatic carbocycles. The molecule has 0 amide bonds. The third kappa shape index (κ3) is 6.73. The Hall–Kier alpha value is -2.08. The molecule has 2 aromatic rings. The summed E-state index contributed by atoms with van der Waals surface area (Å²) in [5, 5.41) is 10.7. The zero-order chi connectivity index (χ0) is 21.3. The minimum absolute atomic E-state index is 0.264. The van der Waals surface area contributed by atoms with Crippen LogP contribution >= 0.6 is 0 Å². The standard InChI is InChI=1S/C25H35NO4/c1-4-15-26(16-19-5-6-19)17-22(27)18-30-25(20-7-11-23(28-2)12-8-20)21-9-13-24(29-3)14-10-21/h7-14,19,22,25,27H,4-6,15-18H2,1-3H3/t22-/m0/s1. The summed E-state index contributed by atoms with van der Waals surface area (Å²) in [4.78, 5) is 2.38. The van der Waals surface area contributed by atoms with Gasteiger partial charge in [-0.25, -0.2) is 0 Å². The van der Waals surface area contributed by atoms with E-state index in [1.165, 1.54) is 12.8 Å². The van der Waals surface area contributed by atoms with Gasteiger partial charge in [-0.2, -0.15) is 0 Å². The van der Waals surface area contributed by atoms with Gasteiger partial charge in [0.25, 0.3) is 0 Å². The number of hydrogen-bond donors (Lipinski definition) is 1. The minimum Gasteiger partial charge on any atom is -0.497 e. The summed E-state index contributed by atoms with van der Waals surface area (Å²) in [6, 6.07) is 15.8. The highest BCUT2D eigenvalue weighted by Gasteiger charge is 2.25. The van der Waals surface area contributed by atoms with Crippen molar-refractivity contribution in [3.05, 3.63) is 59.7 Å².